The van der Waals surface area contributed by atoms with E-state index in [2.05, 4.69) is 27.1 Å². The summed E-state index contributed by atoms with van der Waals surface area (Å²) < 4.78 is 13.9. The number of hydrogen-bond donors (Lipinski definition) is 0. The van der Waals surface area contributed by atoms with E-state index in [1.54, 1.807) is 25.3 Å². The third-order valence-electron chi connectivity index (χ3n) is 3.11. The van der Waals surface area contributed by atoms with Crippen LogP contribution < -0.4 is 9.47 Å². The molecule has 0 aliphatic heterocycles. The number of nitriles is 1. The quantitative estimate of drug-likeness (QED) is 0.829. The smallest absolute Gasteiger partial charge is 0.162 e. The van der Waals surface area contributed by atoms with Crippen LogP contribution in [0.3, 0.4) is 0 Å². The van der Waals surface area contributed by atoms with Gasteiger partial charge in [-0.05, 0) is 41.9 Å². The predicted octanol–water partition coefficient (Wildman–Crippen LogP) is 3.43. The molecule has 0 amide bonds. The summed E-state index contributed by atoms with van der Waals surface area (Å²) in [5.74, 6) is 1.15. The van der Waals surface area contributed by atoms with Gasteiger partial charge in [-0.1, -0.05) is 0 Å². The van der Waals surface area contributed by atoms with Gasteiger partial charge in [0, 0.05) is 12.6 Å². The molecular weight excluding hydrogens is 334 g/mol. The number of nitrogens with zero attached hydrogens (tertiary/aromatic N) is 3. The molecule has 0 aliphatic rings. The lowest BCUT2D eigenvalue weighted by Crippen LogP contribution is -2.07. The van der Waals surface area contributed by atoms with E-state index in [4.69, 9.17) is 14.7 Å². The second-order valence-corrected chi connectivity index (χ2v) is 5.22. The lowest BCUT2D eigenvalue weighted by atomic mass is 10.2. The molecule has 1 heterocycles. The van der Waals surface area contributed by atoms with Crippen molar-refractivity contribution in [2.45, 2.75) is 27.0 Å². The minimum Gasteiger partial charge on any atom is -0.493 e. The fourth-order valence-electron chi connectivity index (χ4n) is 2.01. The first-order valence-corrected chi connectivity index (χ1v) is 7.32. The van der Waals surface area contributed by atoms with Crippen molar-refractivity contribution in [3.05, 3.63) is 39.6 Å². The molecule has 110 valence electrons. The first-order chi connectivity index (χ1) is 10.1. The first kappa shape index (κ1) is 15.4. The summed E-state index contributed by atoms with van der Waals surface area (Å²) in [6.45, 7) is 5.12. The van der Waals surface area contributed by atoms with Gasteiger partial charge < -0.3 is 9.47 Å². The van der Waals surface area contributed by atoms with Gasteiger partial charge in [-0.25, -0.2) is 0 Å². The number of aryl methyl sites for hydroxylation is 2. The maximum Gasteiger partial charge on any atom is 0.162 e. The molecule has 0 fully saturated rings. The Labute approximate surface area is 132 Å². The highest BCUT2D eigenvalue weighted by molar-refractivity contribution is 9.10. The van der Waals surface area contributed by atoms with Gasteiger partial charge in [-0.15, -0.1) is 0 Å². The summed E-state index contributed by atoms with van der Waals surface area (Å²) in [5.41, 5.74) is 2.44. The molecule has 1 aromatic carbocycles. The Morgan fingerprint density at radius 3 is 2.76 bits per heavy atom. The Kier molecular flexibility index (Phi) is 4.86. The Hall–Kier alpha value is -2.00. The van der Waals surface area contributed by atoms with E-state index in [9.17, 15) is 0 Å². The van der Waals surface area contributed by atoms with Crippen molar-refractivity contribution in [2.24, 2.45) is 0 Å². The number of ether oxygens (including phenoxy) is 2. The molecule has 0 atom stereocenters. The number of benzene rings is 1. The Balaban J connectivity index is 2.23. The zero-order chi connectivity index (χ0) is 15.4. The molecule has 2 rings (SSSR count). The third-order valence-corrected chi connectivity index (χ3v) is 4.14. The van der Waals surface area contributed by atoms with Crippen LogP contribution in [-0.2, 0) is 13.2 Å². The normalized spacial score (nSPS) is 10.2. The van der Waals surface area contributed by atoms with E-state index < -0.39 is 0 Å². The van der Waals surface area contributed by atoms with E-state index in [1.165, 1.54) is 0 Å². The van der Waals surface area contributed by atoms with Gasteiger partial charge in [0.15, 0.2) is 11.5 Å². The van der Waals surface area contributed by atoms with Crippen molar-refractivity contribution in [2.75, 3.05) is 7.11 Å². The van der Waals surface area contributed by atoms with Gasteiger partial charge in [0.05, 0.1) is 34.6 Å². The molecule has 6 heteroatoms. The van der Waals surface area contributed by atoms with Crippen molar-refractivity contribution in [1.82, 2.24) is 9.78 Å². The molecule has 0 radical (unpaired) electrons. The molecular formula is C15H16BrN3O2. The van der Waals surface area contributed by atoms with Crippen LogP contribution in [-0.4, -0.2) is 16.9 Å². The van der Waals surface area contributed by atoms with Crippen LogP contribution in [0.2, 0.25) is 0 Å². The first-order valence-electron chi connectivity index (χ1n) is 6.53. The van der Waals surface area contributed by atoms with Crippen LogP contribution in [0.4, 0.5) is 0 Å². The highest BCUT2D eigenvalue weighted by atomic mass is 79.9. The lowest BCUT2D eigenvalue weighted by molar-refractivity contribution is 0.273. The van der Waals surface area contributed by atoms with Crippen LogP contribution in [0.25, 0.3) is 0 Å². The van der Waals surface area contributed by atoms with Crippen molar-refractivity contribution in [3.63, 3.8) is 0 Å². The van der Waals surface area contributed by atoms with Crippen molar-refractivity contribution in [3.8, 4) is 17.6 Å². The lowest BCUT2D eigenvalue weighted by Gasteiger charge is -2.12. The molecule has 2 aromatic rings. The molecule has 0 saturated carbocycles. The zero-order valence-corrected chi connectivity index (χ0v) is 13.8. The summed E-state index contributed by atoms with van der Waals surface area (Å²) >= 11 is 3.54. The molecule has 0 spiro atoms. The van der Waals surface area contributed by atoms with Gasteiger partial charge >= 0.3 is 0 Å². The van der Waals surface area contributed by atoms with Gasteiger partial charge in [-0.3, -0.25) is 4.68 Å². The van der Waals surface area contributed by atoms with Gasteiger partial charge in [0.2, 0.25) is 0 Å². The zero-order valence-electron chi connectivity index (χ0n) is 12.2. The monoisotopic (exact) mass is 349 g/mol. The standard InChI is InChI=1S/C15H16BrN3O2/c1-4-19-12(15(16)10(2)18-19)9-21-13-6-5-11(8-17)7-14(13)20-3/h5-7H,4,9H2,1-3H3. The minimum atomic E-state index is 0.373. The summed E-state index contributed by atoms with van der Waals surface area (Å²) in [4.78, 5) is 0. The Morgan fingerprint density at radius 2 is 2.14 bits per heavy atom. The molecule has 21 heavy (non-hydrogen) atoms. The van der Waals surface area contributed by atoms with E-state index in [0.717, 1.165) is 22.4 Å². The second kappa shape index (κ2) is 6.64. The van der Waals surface area contributed by atoms with E-state index in [1.807, 2.05) is 18.5 Å². The second-order valence-electron chi connectivity index (χ2n) is 4.43. The molecule has 0 unspecified atom stereocenters. The van der Waals surface area contributed by atoms with Crippen LogP contribution in [0.5, 0.6) is 11.5 Å². The highest BCUT2D eigenvalue weighted by Crippen LogP contribution is 2.30. The Bertz CT molecular complexity index is 689. The molecule has 1 aromatic heterocycles. The van der Waals surface area contributed by atoms with Crippen LogP contribution in [0, 0.1) is 18.3 Å². The van der Waals surface area contributed by atoms with Crippen molar-refractivity contribution < 1.29 is 9.47 Å². The Morgan fingerprint density at radius 1 is 1.38 bits per heavy atom. The molecule has 0 bridgehead atoms. The molecule has 0 N–H and O–H groups in total. The van der Waals surface area contributed by atoms with E-state index in [0.29, 0.717) is 23.7 Å². The van der Waals surface area contributed by atoms with Gasteiger partial charge in [0.25, 0.3) is 0 Å². The minimum absolute atomic E-state index is 0.373. The van der Waals surface area contributed by atoms with Crippen molar-refractivity contribution >= 4 is 15.9 Å². The number of halogens is 1. The number of rotatable bonds is 5. The maximum absolute atomic E-state index is 8.90. The summed E-state index contributed by atoms with van der Waals surface area (Å²) in [7, 11) is 1.56. The average molecular weight is 350 g/mol. The molecule has 5 nitrogen and oxygen atoms in total. The maximum atomic E-state index is 8.90. The molecule has 0 saturated heterocycles. The summed E-state index contributed by atoms with van der Waals surface area (Å²) in [6.07, 6.45) is 0. The van der Waals surface area contributed by atoms with Crippen LogP contribution in [0.15, 0.2) is 22.7 Å². The van der Waals surface area contributed by atoms with E-state index in [-0.39, 0.29) is 0 Å². The summed E-state index contributed by atoms with van der Waals surface area (Å²) in [5, 5.41) is 13.3. The van der Waals surface area contributed by atoms with Gasteiger partial charge in [0.1, 0.15) is 6.61 Å². The van der Waals surface area contributed by atoms with E-state index >= 15 is 0 Å². The van der Waals surface area contributed by atoms with Crippen LogP contribution in [0.1, 0.15) is 23.9 Å². The third kappa shape index (κ3) is 3.19. The highest BCUT2D eigenvalue weighted by Gasteiger charge is 2.14. The van der Waals surface area contributed by atoms with Crippen molar-refractivity contribution in [1.29, 1.82) is 5.26 Å². The fourth-order valence-corrected chi connectivity index (χ4v) is 2.41. The SMILES string of the molecule is CCn1nc(C)c(Br)c1COc1ccc(C#N)cc1OC. The molecule has 0 aliphatic carbocycles. The number of methoxy groups -OCH3 is 1. The van der Waals surface area contributed by atoms with Gasteiger partial charge in [-0.2, -0.15) is 10.4 Å². The van der Waals surface area contributed by atoms with Crippen LogP contribution >= 0.6 is 15.9 Å². The predicted molar refractivity (Wildman–Crippen MR) is 82.4 cm³/mol. The number of aromatic nitrogens is 2. The average Bonchev–Trinajstić information content (AvgIpc) is 2.79. The summed E-state index contributed by atoms with van der Waals surface area (Å²) in [6, 6.07) is 7.18. The largest absolute Gasteiger partial charge is 0.493 e. The fraction of sp³-hybridized carbons (Fsp3) is 0.333. The number of hydrogen-bond acceptors (Lipinski definition) is 4. The topological polar surface area (TPSA) is 60.1 Å².